The van der Waals surface area contributed by atoms with Crippen LogP contribution in [0.5, 0.6) is 0 Å². The molecule has 1 fully saturated rings. The molecule has 0 saturated carbocycles. The van der Waals surface area contributed by atoms with E-state index in [2.05, 4.69) is 30.1 Å². The number of carbonyl (C=O) groups excluding carboxylic acids is 1. The molecular weight excluding hydrogens is 226 g/mol. The minimum absolute atomic E-state index is 0.0942. The number of nitrogens with one attached hydrogen (secondary N) is 1. The van der Waals surface area contributed by atoms with E-state index in [0.717, 1.165) is 25.9 Å². The van der Waals surface area contributed by atoms with Crippen LogP contribution in [-0.4, -0.2) is 36.5 Å². The number of hydrogen-bond donors (Lipinski definition) is 1. The summed E-state index contributed by atoms with van der Waals surface area (Å²) in [7, 11) is 0. The van der Waals surface area contributed by atoms with Gasteiger partial charge in [0.15, 0.2) is 0 Å². The summed E-state index contributed by atoms with van der Waals surface area (Å²) in [6.45, 7) is 10.4. The van der Waals surface area contributed by atoms with Gasteiger partial charge in [-0.1, -0.05) is 13.8 Å². The van der Waals surface area contributed by atoms with E-state index >= 15 is 0 Å². The summed E-state index contributed by atoms with van der Waals surface area (Å²) in [5, 5.41) is 12.1. The Bertz CT molecular complexity index is 324. The molecule has 1 rings (SSSR count). The second kappa shape index (κ2) is 6.19. The minimum atomic E-state index is -0.196. The number of carbonyl (C=O) groups is 1. The molecule has 1 aliphatic rings. The van der Waals surface area contributed by atoms with Crippen molar-refractivity contribution in [3.05, 3.63) is 0 Å². The molecule has 18 heavy (non-hydrogen) atoms. The molecule has 0 aliphatic carbocycles. The summed E-state index contributed by atoms with van der Waals surface area (Å²) in [4.78, 5) is 14.0. The minimum Gasteiger partial charge on any atom is -0.352 e. The molecule has 0 aromatic heterocycles. The largest absolute Gasteiger partial charge is 0.352 e. The third-order valence-electron chi connectivity index (χ3n) is 3.99. The van der Waals surface area contributed by atoms with Crippen LogP contribution in [-0.2, 0) is 4.79 Å². The quantitative estimate of drug-likeness (QED) is 0.828. The fourth-order valence-corrected chi connectivity index (χ4v) is 1.99. The highest BCUT2D eigenvalue weighted by molar-refractivity contribution is 5.78. The SMILES string of the molecule is CC(C)C(C)NC(=O)CN1CCC(C)(C#N)CC1. The van der Waals surface area contributed by atoms with Gasteiger partial charge in [-0.15, -0.1) is 0 Å². The number of hydrogen-bond acceptors (Lipinski definition) is 3. The fourth-order valence-electron chi connectivity index (χ4n) is 1.99. The van der Waals surface area contributed by atoms with Crippen molar-refractivity contribution in [2.45, 2.75) is 46.6 Å². The van der Waals surface area contributed by atoms with E-state index in [-0.39, 0.29) is 17.4 Å². The molecule has 1 saturated heterocycles. The lowest BCUT2D eigenvalue weighted by Crippen LogP contribution is -2.46. The van der Waals surface area contributed by atoms with Crippen molar-refractivity contribution in [1.29, 1.82) is 5.26 Å². The van der Waals surface area contributed by atoms with Crippen molar-refractivity contribution in [3.63, 3.8) is 0 Å². The number of rotatable bonds is 4. The van der Waals surface area contributed by atoms with Crippen LogP contribution < -0.4 is 5.32 Å². The smallest absolute Gasteiger partial charge is 0.234 e. The molecule has 0 spiro atoms. The average Bonchev–Trinajstić information content (AvgIpc) is 2.32. The Kier molecular flexibility index (Phi) is 5.15. The lowest BCUT2D eigenvalue weighted by Gasteiger charge is -2.34. The molecule has 0 bridgehead atoms. The van der Waals surface area contributed by atoms with Gasteiger partial charge >= 0.3 is 0 Å². The Morgan fingerprint density at radius 1 is 1.39 bits per heavy atom. The Hall–Kier alpha value is -1.08. The van der Waals surface area contributed by atoms with Gasteiger partial charge in [0.2, 0.25) is 5.91 Å². The third-order valence-corrected chi connectivity index (χ3v) is 3.99. The van der Waals surface area contributed by atoms with Gasteiger partial charge in [0.1, 0.15) is 0 Å². The van der Waals surface area contributed by atoms with Crippen LogP contribution >= 0.6 is 0 Å². The number of nitriles is 1. The molecule has 0 aromatic rings. The van der Waals surface area contributed by atoms with Gasteiger partial charge < -0.3 is 5.32 Å². The van der Waals surface area contributed by atoms with E-state index in [1.54, 1.807) is 0 Å². The standard InChI is InChI=1S/C14H25N3O/c1-11(2)12(3)16-13(18)9-17-7-5-14(4,10-15)6-8-17/h11-12H,5-9H2,1-4H3,(H,16,18). The number of nitrogens with zero attached hydrogens (tertiary/aromatic N) is 2. The van der Waals surface area contributed by atoms with E-state index < -0.39 is 0 Å². The molecule has 1 atom stereocenters. The fraction of sp³-hybridized carbons (Fsp3) is 0.857. The summed E-state index contributed by atoms with van der Waals surface area (Å²) in [5.74, 6) is 0.550. The van der Waals surface area contributed by atoms with Gasteiger partial charge in [0.25, 0.3) is 0 Å². The van der Waals surface area contributed by atoms with Crippen LogP contribution in [0.1, 0.15) is 40.5 Å². The molecule has 1 aliphatic heterocycles. The highest BCUT2D eigenvalue weighted by Gasteiger charge is 2.30. The lowest BCUT2D eigenvalue weighted by molar-refractivity contribution is -0.123. The van der Waals surface area contributed by atoms with Gasteiger partial charge in [0, 0.05) is 19.1 Å². The van der Waals surface area contributed by atoms with Crippen LogP contribution in [0.3, 0.4) is 0 Å². The Labute approximate surface area is 110 Å². The molecule has 1 N–H and O–H groups in total. The first-order chi connectivity index (χ1) is 8.36. The summed E-state index contributed by atoms with van der Waals surface area (Å²) in [6.07, 6.45) is 1.72. The molecule has 1 heterocycles. The normalized spacial score (nSPS) is 21.3. The maximum Gasteiger partial charge on any atom is 0.234 e. The third kappa shape index (κ3) is 4.30. The topological polar surface area (TPSA) is 56.1 Å². The number of likely N-dealkylation sites (tertiary alicyclic amines) is 1. The van der Waals surface area contributed by atoms with Gasteiger partial charge in [-0.25, -0.2) is 0 Å². The molecule has 1 amide bonds. The predicted octanol–water partition coefficient (Wildman–Crippen LogP) is 1.77. The molecular formula is C14H25N3O. The van der Waals surface area contributed by atoms with Crippen LogP contribution in [0.15, 0.2) is 0 Å². The van der Waals surface area contributed by atoms with Crippen molar-refractivity contribution in [3.8, 4) is 6.07 Å². The summed E-state index contributed by atoms with van der Waals surface area (Å²) >= 11 is 0. The first-order valence-corrected chi connectivity index (χ1v) is 6.79. The number of amides is 1. The van der Waals surface area contributed by atoms with Crippen LogP contribution in [0, 0.1) is 22.7 Å². The van der Waals surface area contributed by atoms with Crippen molar-refractivity contribution in [2.75, 3.05) is 19.6 Å². The highest BCUT2D eigenvalue weighted by atomic mass is 16.2. The molecule has 0 aromatic carbocycles. The zero-order chi connectivity index (χ0) is 13.8. The second-order valence-electron chi connectivity index (χ2n) is 6.05. The van der Waals surface area contributed by atoms with Gasteiger partial charge in [-0.3, -0.25) is 9.69 Å². The van der Waals surface area contributed by atoms with E-state index in [4.69, 9.17) is 5.26 Å². The van der Waals surface area contributed by atoms with Gasteiger partial charge in [-0.05, 0) is 32.6 Å². The van der Waals surface area contributed by atoms with Crippen molar-refractivity contribution < 1.29 is 4.79 Å². The zero-order valence-corrected chi connectivity index (χ0v) is 12.0. The van der Waals surface area contributed by atoms with E-state index in [1.165, 1.54) is 0 Å². The predicted molar refractivity (Wildman–Crippen MR) is 71.8 cm³/mol. The second-order valence-corrected chi connectivity index (χ2v) is 6.05. The Morgan fingerprint density at radius 2 is 1.94 bits per heavy atom. The average molecular weight is 251 g/mol. The van der Waals surface area contributed by atoms with Crippen LogP contribution in [0.25, 0.3) is 0 Å². The lowest BCUT2D eigenvalue weighted by atomic mass is 9.82. The first-order valence-electron chi connectivity index (χ1n) is 6.79. The molecule has 0 radical (unpaired) electrons. The maximum absolute atomic E-state index is 11.8. The van der Waals surface area contributed by atoms with E-state index in [0.29, 0.717) is 12.5 Å². The Morgan fingerprint density at radius 3 is 2.39 bits per heavy atom. The molecule has 102 valence electrons. The van der Waals surface area contributed by atoms with E-state index in [1.807, 2.05) is 13.8 Å². The van der Waals surface area contributed by atoms with Gasteiger partial charge in [-0.2, -0.15) is 5.26 Å². The van der Waals surface area contributed by atoms with Crippen LogP contribution in [0.4, 0.5) is 0 Å². The van der Waals surface area contributed by atoms with E-state index in [9.17, 15) is 4.79 Å². The summed E-state index contributed by atoms with van der Waals surface area (Å²) in [5.41, 5.74) is -0.196. The van der Waals surface area contributed by atoms with Crippen molar-refractivity contribution in [1.82, 2.24) is 10.2 Å². The van der Waals surface area contributed by atoms with Crippen molar-refractivity contribution in [2.24, 2.45) is 11.3 Å². The molecule has 4 nitrogen and oxygen atoms in total. The highest BCUT2D eigenvalue weighted by Crippen LogP contribution is 2.29. The zero-order valence-electron chi connectivity index (χ0n) is 12.0. The van der Waals surface area contributed by atoms with Crippen LogP contribution in [0.2, 0.25) is 0 Å². The first kappa shape index (κ1) is 15.0. The Balaban J connectivity index is 2.33. The van der Waals surface area contributed by atoms with Gasteiger partial charge in [0.05, 0.1) is 18.0 Å². The maximum atomic E-state index is 11.8. The molecule has 4 heteroatoms. The summed E-state index contributed by atoms with van der Waals surface area (Å²) in [6, 6.07) is 2.59. The molecule has 1 unspecified atom stereocenters. The monoisotopic (exact) mass is 251 g/mol. The van der Waals surface area contributed by atoms with Crippen molar-refractivity contribution >= 4 is 5.91 Å². The summed E-state index contributed by atoms with van der Waals surface area (Å²) < 4.78 is 0. The number of piperidine rings is 1.